The van der Waals surface area contributed by atoms with Gasteiger partial charge in [-0.1, -0.05) is 19.3 Å². The van der Waals surface area contributed by atoms with E-state index in [2.05, 4.69) is 5.32 Å². The second-order valence-electron chi connectivity index (χ2n) is 7.65. The van der Waals surface area contributed by atoms with Gasteiger partial charge in [-0.15, -0.1) is 0 Å². The first-order chi connectivity index (χ1) is 12.2. The van der Waals surface area contributed by atoms with E-state index in [0.29, 0.717) is 19.5 Å². The third-order valence-electron chi connectivity index (χ3n) is 5.87. The number of carbonyl (C=O) groups is 3. The van der Waals surface area contributed by atoms with Crippen molar-refractivity contribution in [3.05, 3.63) is 0 Å². The second-order valence-corrected chi connectivity index (χ2v) is 7.65. The molecule has 0 aromatic carbocycles. The number of nitrogens with zero attached hydrogens (tertiary/aromatic N) is 2. The van der Waals surface area contributed by atoms with E-state index in [1.165, 1.54) is 6.42 Å². The average molecular weight is 349 g/mol. The zero-order valence-corrected chi connectivity index (χ0v) is 15.2. The van der Waals surface area contributed by atoms with Gasteiger partial charge >= 0.3 is 0 Å². The summed E-state index contributed by atoms with van der Waals surface area (Å²) in [6, 6.07) is -0.289. The molecule has 6 heteroatoms. The summed E-state index contributed by atoms with van der Waals surface area (Å²) < 4.78 is 0. The van der Waals surface area contributed by atoms with Gasteiger partial charge in [0.1, 0.15) is 6.04 Å². The average Bonchev–Trinajstić information content (AvgIpc) is 3.28. The molecule has 1 atom stereocenters. The maximum absolute atomic E-state index is 12.8. The summed E-state index contributed by atoms with van der Waals surface area (Å²) in [4.78, 5) is 40.6. The molecule has 0 bridgehead atoms. The van der Waals surface area contributed by atoms with Crippen LogP contribution in [0.25, 0.3) is 0 Å². The van der Waals surface area contributed by atoms with Crippen molar-refractivity contribution in [1.29, 1.82) is 0 Å². The zero-order valence-electron chi connectivity index (χ0n) is 15.2. The van der Waals surface area contributed by atoms with Crippen LogP contribution in [-0.2, 0) is 14.4 Å². The topological polar surface area (TPSA) is 69.7 Å². The maximum atomic E-state index is 12.8. The number of nitrogens with one attached hydrogen (secondary N) is 1. The maximum Gasteiger partial charge on any atom is 0.242 e. The second kappa shape index (κ2) is 8.68. The Morgan fingerprint density at radius 2 is 1.80 bits per heavy atom. The van der Waals surface area contributed by atoms with Gasteiger partial charge in [0.05, 0.1) is 0 Å². The van der Waals surface area contributed by atoms with Crippen molar-refractivity contribution in [2.24, 2.45) is 5.92 Å². The number of carbonyl (C=O) groups excluding carboxylic acids is 3. The third kappa shape index (κ3) is 4.53. The van der Waals surface area contributed by atoms with Crippen LogP contribution in [0.5, 0.6) is 0 Å². The number of hydrogen-bond donors (Lipinski definition) is 1. The molecule has 3 fully saturated rings. The molecule has 6 nitrogen and oxygen atoms in total. The third-order valence-corrected chi connectivity index (χ3v) is 5.87. The minimum absolute atomic E-state index is 0.0191. The van der Waals surface area contributed by atoms with Crippen molar-refractivity contribution in [1.82, 2.24) is 15.1 Å². The molecule has 3 rings (SSSR count). The first-order valence-corrected chi connectivity index (χ1v) is 10.0. The molecule has 2 aliphatic heterocycles. The van der Waals surface area contributed by atoms with Crippen molar-refractivity contribution >= 4 is 17.7 Å². The predicted molar refractivity (Wildman–Crippen MR) is 94.8 cm³/mol. The minimum atomic E-state index is -0.289. The summed E-state index contributed by atoms with van der Waals surface area (Å²) in [6.45, 7) is 2.86. The number of hydrogen-bond acceptors (Lipinski definition) is 3. The Hall–Kier alpha value is -1.59. The summed E-state index contributed by atoms with van der Waals surface area (Å²) >= 11 is 0. The Balaban J connectivity index is 1.42. The van der Waals surface area contributed by atoms with E-state index < -0.39 is 0 Å². The van der Waals surface area contributed by atoms with Crippen molar-refractivity contribution in [3.8, 4) is 0 Å². The first-order valence-electron chi connectivity index (χ1n) is 10.0. The lowest BCUT2D eigenvalue weighted by Gasteiger charge is -2.30. The van der Waals surface area contributed by atoms with E-state index in [0.717, 1.165) is 64.5 Å². The SMILES string of the molecule is O=C(NCCCN1CCCC1=O)[C@H]1CCCN1C(=O)C1CCCCC1. The van der Waals surface area contributed by atoms with Crippen molar-refractivity contribution in [2.45, 2.75) is 70.3 Å². The molecule has 0 aromatic rings. The molecular formula is C19H31N3O3. The molecule has 140 valence electrons. The molecule has 1 N–H and O–H groups in total. The van der Waals surface area contributed by atoms with Gasteiger partial charge in [-0.05, 0) is 38.5 Å². The molecule has 0 unspecified atom stereocenters. The Bertz CT molecular complexity index is 502. The predicted octanol–water partition coefficient (Wildman–Crippen LogP) is 1.69. The Labute approximate surface area is 150 Å². The fourth-order valence-corrected chi connectivity index (χ4v) is 4.43. The normalized spacial score (nSPS) is 24.8. The highest BCUT2D eigenvalue weighted by atomic mass is 16.2. The lowest BCUT2D eigenvalue weighted by atomic mass is 9.88. The highest BCUT2D eigenvalue weighted by molar-refractivity contribution is 5.89. The molecule has 0 radical (unpaired) electrons. The van der Waals surface area contributed by atoms with Gasteiger partial charge in [0.2, 0.25) is 17.7 Å². The Kier molecular flexibility index (Phi) is 6.32. The first kappa shape index (κ1) is 18.2. The van der Waals surface area contributed by atoms with Crippen LogP contribution >= 0.6 is 0 Å². The van der Waals surface area contributed by atoms with Crippen molar-refractivity contribution in [2.75, 3.05) is 26.2 Å². The van der Waals surface area contributed by atoms with E-state index in [9.17, 15) is 14.4 Å². The van der Waals surface area contributed by atoms with Crippen molar-refractivity contribution < 1.29 is 14.4 Å². The van der Waals surface area contributed by atoms with Crippen LogP contribution in [0, 0.1) is 5.92 Å². The molecule has 3 amide bonds. The van der Waals surface area contributed by atoms with Crippen LogP contribution in [0.15, 0.2) is 0 Å². The van der Waals surface area contributed by atoms with Gasteiger partial charge in [-0.3, -0.25) is 14.4 Å². The fourth-order valence-electron chi connectivity index (χ4n) is 4.43. The lowest BCUT2D eigenvalue weighted by Crippen LogP contribution is -2.48. The number of likely N-dealkylation sites (tertiary alicyclic amines) is 2. The molecule has 1 saturated carbocycles. The monoisotopic (exact) mass is 349 g/mol. The van der Waals surface area contributed by atoms with Crippen LogP contribution in [0.3, 0.4) is 0 Å². The van der Waals surface area contributed by atoms with Crippen LogP contribution < -0.4 is 5.32 Å². The van der Waals surface area contributed by atoms with Crippen molar-refractivity contribution in [3.63, 3.8) is 0 Å². The van der Waals surface area contributed by atoms with E-state index in [1.807, 2.05) is 9.80 Å². The van der Waals surface area contributed by atoms with E-state index in [4.69, 9.17) is 0 Å². The Morgan fingerprint density at radius 1 is 1.00 bits per heavy atom. The fraction of sp³-hybridized carbons (Fsp3) is 0.842. The smallest absolute Gasteiger partial charge is 0.242 e. The standard InChI is InChI=1S/C19H31N3O3/c23-17-10-5-12-21(17)13-6-11-20-18(24)16-9-4-14-22(16)19(25)15-7-2-1-3-8-15/h15-16H,1-14H2,(H,20,24)/t16-/m1/s1. The molecule has 2 heterocycles. The Morgan fingerprint density at radius 3 is 2.52 bits per heavy atom. The van der Waals surface area contributed by atoms with Gasteiger partial charge < -0.3 is 15.1 Å². The van der Waals surface area contributed by atoms with Crippen LogP contribution in [0.2, 0.25) is 0 Å². The molecule has 2 saturated heterocycles. The van der Waals surface area contributed by atoms with Gasteiger partial charge in [-0.2, -0.15) is 0 Å². The minimum Gasteiger partial charge on any atom is -0.354 e. The zero-order chi connectivity index (χ0) is 17.6. The molecular weight excluding hydrogens is 318 g/mol. The highest BCUT2D eigenvalue weighted by Crippen LogP contribution is 2.28. The summed E-state index contributed by atoms with van der Waals surface area (Å²) in [5.41, 5.74) is 0. The molecule has 0 aromatic heterocycles. The summed E-state index contributed by atoms with van der Waals surface area (Å²) in [5, 5.41) is 2.98. The summed E-state index contributed by atoms with van der Waals surface area (Å²) in [7, 11) is 0. The highest BCUT2D eigenvalue weighted by Gasteiger charge is 2.37. The van der Waals surface area contributed by atoms with E-state index in [-0.39, 0.29) is 29.7 Å². The molecule has 1 aliphatic carbocycles. The summed E-state index contributed by atoms with van der Waals surface area (Å²) in [6.07, 6.45) is 9.54. The van der Waals surface area contributed by atoms with Gasteiger partial charge in [0.15, 0.2) is 0 Å². The molecule has 3 aliphatic rings. The molecule has 0 spiro atoms. The quantitative estimate of drug-likeness (QED) is 0.742. The van der Waals surface area contributed by atoms with Gasteiger partial charge in [0.25, 0.3) is 0 Å². The number of rotatable bonds is 6. The van der Waals surface area contributed by atoms with E-state index >= 15 is 0 Å². The van der Waals surface area contributed by atoms with Crippen LogP contribution in [-0.4, -0.2) is 59.7 Å². The van der Waals surface area contributed by atoms with Gasteiger partial charge in [0, 0.05) is 38.5 Å². The molecule has 25 heavy (non-hydrogen) atoms. The van der Waals surface area contributed by atoms with Crippen LogP contribution in [0.4, 0.5) is 0 Å². The number of amides is 3. The lowest BCUT2D eigenvalue weighted by molar-refractivity contribution is -0.142. The van der Waals surface area contributed by atoms with E-state index in [1.54, 1.807) is 0 Å². The largest absolute Gasteiger partial charge is 0.354 e. The van der Waals surface area contributed by atoms with Crippen LogP contribution in [0.1, 0.15) is 64.2 Å². The van der Waals surface area contributed by atoms with Gasteiger partial charge in [-0.25, -0.2) is 0 Å². The summed E-state index contributed by atoms with van der Waals surface area (Å²) in [5.74, 6) is 0.532.